The maximum absolute atomic E-state index is 13.3. The van der Waals surface area contributed by atoms with Gasteiger partial charge in [0.25, 0.3) is 11.7 Å². The lowest BCUT2D eigenvalue weighted by molar-refractivity contribution is -0.132. The van der Waals surface area contributed by atoms with Crippen LogP contribution in [0.25, 0.3) is 5.76 Å². The van der Waals surface area contributed by atoms with Crippen molar-refractivity contribution in [1.82, 2.24) is 4.98 Å². The van der Waals surface area contributed by atoms with Crippen molar-refractivity contribution in [1.29, 1.82) is 0 Å². The number of benzene rings is 2. The van der Waals surface area contributed by atoms with E-state index >= 15 is 0 Å². The molecule has 0 spiro atoms. The average molecular weight is 412 g/mol. The van der Waals surface area contributed by atoms with Gasteiger partial charge in [-0.1, -0.05) is 35.9 Å². The maximum Gasteiger partial charge on any atom is 0.300 e. The third kappa shape index (κ3) is 3.52. The van der Waals surface area contributed by atoms with Crippen LogP contribution in [0.3, 0.4) is 0 Å². The van der Waals surface area contributed by atoms with Crippen molar-refractivity contribution < 1.29 is 14.7 Å². The minimum Gasteiger partial charge on any atom is -0.507 e. The molecule has 3 aromatic rings. The lowest BCUT2D eigenvalue weighted by atomic mass is 9.93. The lowest BCUT2D eigenvalue weighted by Gasteiger charge is -2.27. The molecule has 1 atom stereocenters. The van der Waals surface area contributed by atoms with Crippen LogP contribution in [-0.2, 0) is 9.59 Å². The fourth-order valence-corrected chi connectivity index (χ4v) is 4.05. The van der Waals surface area contributed by atoms with Gasteiger partial charge in [-0.25, -0.2) is 0 Å². The van der Waals surface area contributed by atoms with E-state index < -0.39 is 17.7 Å². The largest absolute Gasteiger partial charge is 0.507 e. The highest BCUT2D eigenvalue weighted by molar-refractivity contribution is 6.51. The van der Waals surface area contributed by atoms with Crippen molar-refractivity contribution in [2.75, 3.05) is 4.90 Å². The second kappa shape index (κ2) is 7.84. The smallest absolute Gasteiger partial charge is 0.300 e. The van der Waals surface area contributed by atoms with Crippen molar-refractivity contribution >= 4 is 23.1 Å². The summed E-state index contributed by atoms with van der Waals surface area (Å²) in [5.74, 6) is -1.52. The summed E-state index contributed by atoms with van der Waals surface area (Å²) in [7, 11) is 0. The van der Waals surface area contributed by atoms with Gasteiger partial charge in [-0.15, -0.1) is 0 Å². The Kier molecular flexibility index (Phi) is 5.19. The van der Waals surface area contributed by atoms with Gasteiger partial charge < -0.3 is 5.11 Å². The minimum atomic E-state index is -0.769. The van der Waals surface area contributed by atoms with E-state index in [9.17, 15) is 14.7 Å². The second-order valence-electron chi connectivity index (χ2n) is 8.06. The summed E-state index contributed by atoms with van der Waals surface area (Å²) < 4.78 is 0. The first-order valence-corrected chi connectivity index (χ1v) is 10.2. The monoisotopic (exact) mass is 412 g/mol. The number of aryl methyl sites for hydroxylation is 4. The third-order valence-corrected chi connectivity index (χ3v) is 5.72. The molecule has 1 aromatic heterocycles. The Balaban J connectivity index is 2.01. The summed E-state index contributed by atoms with van der Waals surface area (Å²) >= 11 is 0. The number of carbonyl (C=O) groups is 2. The highest BCUT2D eigenvalue weighted by Crippen LogP contribution is 2.43. The second-order valence-corrected chi connectivity index (χ2v) is 8.06. The fourth-order valence-electron chi connectivity index (χ4n) is 4.05. The van der Waals surface area contributed by atoms with Crippen molar-refractivity contribution in [3.63, 3.8) is 0 Å². The van der Waals surface area contributed by atoms with Crippen LogP contribution in [-0.4, -0.2) is 21.8 Å². The molecule has 1 amide bonds. The van der Waals surface area contributed by atoms with E-state index in [1.807, 2.05) is 70.2 Å². The fraction of sp³-hybridized carbons (Fsp3) is 0.192. The maximum atomic E-state index is 13.3. The molecule has 1 N–H and O–H groups in total. The lowest BCUT2D eigenvalue weighted by Crippen LogP contribution is -2.30. The van der Waals surface area contributed by atoms with Crippen LogP contribution in [0.4, 0.5) is 5.69 Å². The molecule has 31 heavy (non-hydrogen) atoms. The Labute approximate surface area is 181 Å². The summed E-state index contributed by atoms with van der Waals surface area (Å²) in [4.78, 5) is 32.2. The molecule has 5 heteroatoms. The third-order valence-electron chi connectivity index (χ3n) is 5.72. The Bertz CT molecular complexity index is 1230. The summed E-state index contributed by atoms with van der Waals surface area (Å²) in [5.41, 5.74) is 5.56. The molecule has 0 bridgehead atoms. The summed E-state index contributed by atoms with van der Waals surface area (Å²) in [6.45, 7) is 7.63. The Morgan fingerprint density at radius 1 is 0.935 bits per heavy atom. The molecular weight excluding hydrogens is 388 g/mol. The van der Waals surface area contributed by atoms with Gasteiger partial charge >= 0.3 is 0 Å². The molecule has 1 fully saturated rings. The van der Waals surface area contributed by atoms with Crippen molar-refractivity contribution in [2.24, 2.45) is 0 Å². The number of rotatable bonds is 3. The van der Waals surface area contributed by atoms with E-state index in [1.54, 1.807) is 18.5 Å². The average Bonchev–Trinajstić information content (AvgIpc) is 3.02. The summed E-state index contributed by atoms with van der Waals surface area (Å²) in [5, 5.41) is 11.3. The van der Waals surface area contributed by atoms with Crippen LogP contribution < -0.4 is 4.90 Å². The zero-order chi connectivity index (χ0) is 22.3. The topological polar surface area (TPSA) is 70.5 Å². The van der Waals surface area contributed by atoms with Gasteiger partial charge in [0, 0.05) is 23.6 Å². The van der Waals surface area contributed by atoms with Crippen LogP contribution in [0.5, 0.6) is 0 Å². The Hall–Kier alpha value is -3.73. The van der Waals surface area contributed by atoms with E-state index in [1.165, 1.54) is 4.90 Å². The van der Waals surface area contributed by atoms with E-state index in [0.29, 0.717) is 16.8 Å². The molecule has 4 rings (SSSR count). The van der Waals surface area contributed by atoms with Crippen molar-refractivity contribution in [3.8, 4) is 0 Å². The van der Waals surface area contributed by atoms with Crippen LogP contribution in [0.15, 0.2) is 66.5 Å². The molecular formula is C26H24N2O3. The first-order chi connectivity index (χ1) is 14.8. The van der Waals surface area contributed by atoms with Crippen molar-refractivity contribution in [3.05, 3.63) is 99.9 Å². The molecule has 2 aromatic carbocycles. The number of aliphatic hydroxyl groups is 1. The zero-order valence-electron chi connectivity index (χ0n) is 18.0. The molecule has 1 saturated heterocycles. The van der Waals surface area contributed by atoms with Crippen molar-refractivity contribution in [2.45, 2.75) is 33.7 Å². The molecule has 156 valence electrons. The zero-order valence-corrected chi connectivity index (χ0v) is 18.0. The number of hydrogen-bond acceptors (Lipinski definition) is 4. The molecule has 1 unspecified atom stereocenters. The molecule has 1 aliphatic rings. The van der Waals surface area contributed by atoms with Crippen LogP contribution in [0, 0.1) is 27.7 Å². The summed E-state index contributed by atoms with van der Waals surface area (Å²) in [6.07, 6.45) is 3.27. The Morgan fingerprint density at radius 3 is 2.29 bits per heavy atom. The SMILES string of the molecule is Cc1ccc(C)c(/C(O)=C2\C(=O)C(=O)N(c3cc(C)ccc3C)C2c2cccnc2)c1. The number of pyridine rings is 1. The molecule has 0 saturated carbocycles. The number of carbonyl (C=O) groups excluding carboxylic acids is 2. The van der Waals surface area contributed by atoms with E-state index in [0.717, 1.165) is 22.3 Å². The number of aliphatic hydroxyl groups excluding tert-OH is 1. The standard InChI is InChI=1S/C26H24N2O3/c1-15-7-9-17(3)20(12-15)24(29)22-23(19-6-5-11-27-14-19)28(26(31)25(22)30)21-13-16(2)8-10-18(21)4/h5-14,23,29H,1-4H3/b24-22+. The molecule has 1 aliphatic heterocycles. The number of anilines is 1. The van der Waals surface area contributed by atoms with E-state index in [4.69, 9.17) is 0 Å². The van der Waals surface area contributed by atoms with Gasteiger partial charge in [0.1, 0.15) is 5.76 Å². The van der Waals surface area contributed by atoms with E-state index in [-0.39, 0.29) is 11.3 Å². The number of ketones is 1. The van der Waals surface area contributed by atoms with Gasteiger partial charge in [0.15, 0.2) is 0 Å². The molecule has 5 nitrogen and oxygen atoms in total. The number of nitrogens with zero attached hydrogens (tertiary/aromatic N) is 2. The predicted molar refractivity (Wildman–Crippen MR) is 121 cm³/mol. The molecule has 0 aliphatic carbocycles. The minimum absolute atomic E-state index is 0.0765. The Morgan fingerprint density at radius 2 is 1.61 bits per heavy atom. The highest BCUT2D eigenvalue weighted by atomic mass is 16.3. The predicted octanol–water partition coefficient (Wildman–Crippen LogP) is 4.94. The van der Waals surface area contributed by atoms with Gasteiger partial charge in [0.05, 0.1) is 11.6 Å². The van der Waals surface area contributed by atoms with Gasteiger partial charge in [-0.05, 0) is 68.1 Å². The van der Waals surface area contributed by atoms with Gasteiger partial charge in [-0.2, -0.15) is 0 Å². The van der Waals surface area contributed by atoms with Gasteiger partial charge in [0.2, 0.25) is 0 Å². The van der Waals surface area contributed by atoms with Gasteiger partial charge in [-0.3, -0.25) is 19.5 Å². The quantitative estimate of drug-likeness (QED) is 0.376. The molecule has 0 radical (unpaired) electrons. The molecule has 2 heterocycles. The van der Waals surface area contributed by atoms with Crippen LogP contribution >= 0.6 is 0 Å². The van der Waals surface area contributed by atoms with E-state index in [2.05, 4.69) is 4.98 Å². The van der Waals surface area contributed by atoms with Crippen LogP contribution in [0.1, 0.15) is 39.4 Å². The number of aromatic nitrogens is 1. The normalized spacial score (nSPS) is 17.9. The highest BCUT2D eigenvalue weighted by Gasteiger charge is 2.47. The first kappa shape index (κ1) is 20.5. The first-order valence-electron chi connectivity index (χ1n) is 10.2. The number of hydrogen-bond donors (Lipinski definition) is 1. The number of Topliss-reactive ketones (excluding diaryl/α,β-unsaturated/α-hetero) is 1. The summed E-state index contributed by atoms with van der Waals surface area (Å²) in [6, 6.07) is 14.3. The van der Waals surface area contributed by atoms with Crippen LogP contribution in [0.2, 0.25) is 0 Å². The number of amides is 1.